The van der Waals surface area contributed by atoms with E-state index >= 15 is 0 Å². The van der Waals surface area contributed by atoms with Gasteiger partial charge in [0.05, 0.1) is 12.0 Å². The lowest BCUT2D eigenvalue weighted by molar-refractivity contribution is -0.142. The third-order valence-electron chi connectivity index (χ3n) is 4.71. The van der Waals surface area contributed by atoms with Gasteiger partial charge in [0.25, 0.3) is 0 Å². The van der Waals surface area contributed by atoms with Crippen LogP contribution in [0.5, 0.6) is 0 Å². The van der Waals surface area contributed by atoms with Crippen LogP contribution >= 0.6 is 0 Å². The first kappa shape index (κ1) is 19.9. The van der Waals surface area contributed by atoms with Crippen molar-refractivity contribution in [3.8, 4) is 0 Å². The van der Waals surface area contributed by atoms with E-state index in [0.29, 0.717) is 6.42 Å². The summed E-state index contributed by atoms with van der Waals surface area (Å²) in [6.07, 6.45) is 1.87. The maximum atomic E-state index is 12.6. The minimum absolute atomic E-state index is 0.144. The first-order chi connectivity index (χ1) is 12.1. The predicted octanol–water partition coefficient (Wildman–Crippen LogP) is 2.07. The van der Waals surface area contributed by atoms with E-state index in [0.717, 1.165) is 29.5 Å². The van der Waals surface area contributed by atoms with Gasteiger partial charge in [0.2, 0.25) is 11.8 Å². The van der Waals surface area contributed by atoms with Crippen LogP contribution in [0.1, 0.15) is 49.8 Å². The number of aliphatic carboxylic acids is 1. The Balaban J connectivity index is 1.95. The highest BCUT2D eigenvalue weighted by atomic mass is 16.4. The molecular formula is C20H28N2O4. The number of carboxylic acids is 1. The van der Waals surface area contributed by atoms with Gasteiger partial charge in [0, 0.05) is 0 Å². The number of nitrogens with one attached hydrogen (secondary N) is 2. The van der Waals surface area contributed by atoms with E-state index in [2.05, 4.69) is 16.7 Å². The van der Waals surface area contributed by atoms with Crippen molar-refractivity contribution >= 4 is 17.8 Å². The molecule has 1 aliphatic rings. The van der Waals surface area contributed by atoms with Crippen molar-refractivity contribution in [2.45, 2.75) is 58.4 Å². The van der Waals surface area contributed by atoms with E-state index in [1.54, 1.807) is 0 Å². The van der Waals surface area contributed by atoms with Gasteiger partial charge in [-0.3, -0.25) is 9.59 Å². The number of aryl methyl sites for hydroxylation is 2. The summed E-state index contributed by atoms with van der Waals surface area (Å²) in [5, 5.41) is 14.3. The topological polar surface area (TPSA) is 95.5 Å². The van der Waals surface area contributed by atoms with Crippen LogP contribution in [-0.2, 0) is 19.8 Å². The third kappa shape index (κ3) is 4.84. The summed E-state index contributed by atoms with van der Waals surface area (Å²) in [4.78, 5) is 35.9. The lowest BCUT2D eigenvalue weighted by Crippen LogP contribution is -2.47. The molecule has 0 unspecified atom stereocenters. The number of hydrogen-bond acceptors (Lipinski definition) is 3. The van der Waals surface area contributed by atoms with E-state index in [-0.39, 0.29) is 18.4 Å². The second-order valence-electron chi connectivity index (χ2n) is 7.73. The van der Waals surface area contributed by atoms with E-state index in [9.17, 15) is 19.5 Å². The number of carboxylic acid groups (broad SMARTS) is 1. The molecule has 6 nitrogen and oxygen atoms in total. The quantitative estimate of drug-likeness (QED) is 0.661. The zero-order valence-electron chi connectivity index (χ0n) is 15.9. The fourth-order valence-corrected chi connectivity index (χ4v) is 3.29. The van der Waals surface area contributed by atoms with E-state index in [1.807, 2.05) is 39.8 Å². The first-order valence-corrected chi connectivity index (χ1v) is 9.03. The van der Waals surface area contributed by atoms with Crippen molar-refractivity contribution in [1.29, 1.82) is 0 Å². The number of rotatable bonds is 8. The Morgan fingerprint density at radius 3 is 2.15 bits per heavy atom. The number of carbonyl (C=O) groups is 3. The Morgan fingerprint density at radius 1 is 1.12 bits per heavy atom. The Hall–Kier alpha value is -2.37. The van der Waals surface area contributed by atoms with Gasteiger partial charge < -0.3 is 15.7 Å². The minimum atomic E-state index is -1.06. The Kier molecular flexibility index (Phi) is 6.05. The van der Waals surface area contributed by atoms with Gasteiger partial charge in [0.15, 0.2) is 0 Å². The van der Waals surface area contributed by atoms with Gasteiger partial charge in [-0.05, 0) is 44.6 Å². The fourth-order valence-electron chi connectivity index (χ4n) is 3.29. The van der Waals surface area contributed by atoms with E-state index in [4.69, 9.17) is 0 Å². The zero-order valence-corrected chi connectivity index (χ0v) is 15.9. The number of benzene rings is 1. The number of hydrogen-bond donors (Lipinski definition) is 3. The smallest absolute Gasteiger partial charge is 0.326 e. The average Bonchev–Trinajstić information content (AvgIpc) is 3.32. The first-order valence-electron chi connectivity index (χ1n) is 9.03. The van der Waals surface area contributed by atoms with Crippen molar-refractivity contribution in [2.24, 2.45) is 5.92 Å². The molecule has 2 amide bonds. The van der Waals surface area contributed by atoms with Gasteiger partial charge in [-0.15, -0.1) is 0 Å². The molecule has 1 aliphatic carbocycles. The Labute approximate surface area is 154 Å². The van der Waals surface area contributed by atoms with Crippen LogP contribution in [0.15, 0.2) is 18.2 Å². The molecule has 0 saturated heterocycles. The fraction of sp³-hybridized carbons (Fsp3) is 0.550. The minimum Gasteiger partial charge on any atom is -0.480 e. The van der Waals surface area contributed by atoms with Crippen molar-refractivity contribution in [1.82, 2.24) is 10.6 Å². The second kappa shape index (κ2) is 7.89. The lowest BCUT2D eigenvalue weighted by atomic mass is 9.92. The maximum absolute atomic E-state index is 12.6. The van der Waals surface area contributed by atoms with Gasteiger partial charge in [0.1, 0.15) is 6.04 Å². The largest absolute Gasteiger partial charge is 0.480 e. The molecule has 0 radical (unpaired) electrons. The molecule has 6 heteroatoms. The van der Waals surface area contributed by atoms with Crippen LogP contribution < -0.4 is 10.6 Å². The molecule has 26 heavy (non-hydrogen) atoms. The molecule has 142 valence electrons. The lowest BCUT2D eigenvalue weighted by Gasteiger charge is -2.19. The Bertz CT molecular complexity index is 688. The molecule has 1 aromatic carbocycles. The van der Waals surface area contributed by atoms with Crippen LogP contribution in [-0.4, -0.2) is 35.5 Å². The van der Waals surface area contributed by atoms with Crippen LogP contribution in [0.25, 0.3) is 0 Å². The van der Waals surface area contributed by atoms with E-state index < -0.39 is 23.3 Å². The molecule has 0 spiro atoms. The van der Waals surface area contributed by atoms with Crippen molar-refractivity contribution in [3.05, 3.63) is 34.9 Å². The zero-order chi connectivity index (χ0) is 19.5. The molecule has 1 fully saturated rings. The normalized spacial score (nSPS) is 16.0. The van der Waals surface area contributed by atoms with Gasteiger partial charge >= 0.3 is 5.97 Å². The van der Waals surface area contributed by atoms with Crippen LogP contribution in [0, 0.1) is 19.8 Å². The molecule has 0 heterocycles. The summed E-state index contributed by atoms with van der Waals surface area (Å²) in [6.45, 7) is 7.57. The van der Waals surface area contributed by atoms with Crippen LogP contribution in [0.2, 0.25) is 0 Å². The van der Waals surface area contributed by atoms with E-state index in [1.165, 1.54) is 0 Å². The molecule has 0 bridgehead atoms. The van der Waals surface area contributed by atoms with Gasteiger partial charge in [-0.2, -0.15) is 0 Å². The standard InChI is InChI=1S/C20H28N2O4/c1-12(2)7-16(18(24)25)22-17(23)11-21-19(26)20(5-6-20)15-9-13(3)8-14(4)10-15/h8-10,12,16H,5-7,11H2,1-4H3,(H,21,26)(H,22,23)(H,24,25)/t16-/m0/s1. The molecule has 3 N–H and O–H groups in total. The highest BCUT2D eigenvalue weighted by Gasteiger charge is 2.51. The molecule has 0 aliphatic heterocycles. The Morgan fingerprint density at radius 2 is 1.69 bits per heavy atom. The third-order valence-corrected chi connectivity index (χ3v) is 4.71. The molecule has 1 saturated carbocycles. The van der Waals surface area contributed by atoms with Crippen molar-refractivity contribution < 1.29 is 19.5 Å². The van der Waals surface area contributed by atoms with Gasteiger partial charge in [-0.25, -0.2) is 4.79 Å². The molecule has 1 aromatic rings. The summed E-state index contributed by atoms with van der Waals surface area (Å²) in [5.41, 5.74) is 2.64. The number of carbonyl (C=O) groups excluding carboxylic acids is 2. The van der Waals surface area contributed by atoms with Crippen molar-refractivity contribution in [3.63, 3.8) is 0 Å². The summed E-state index contributed by atoms with van der Waals surface area (Å²) < 4.78 is 0. The number of amides is 2. The summed E-state index contributed by atoms with van der Waals surface area (Å²) >= 11 is 0. The highest BCUT2D eigenvalue weighted by molar-refractivity contribution is 5.94. The summed E-state index contributed by atoms with van der Waals surface area (Å²) in [7, 11) is 0. The second-order valence-corrected chi connectivity index (χ2v) is 7.73. The predicted molar refractivity (Wildman–Crippen MR) is 98.9 cm³/mol. The monoisotopic (exact) mass is 360 g/mol. The maximum Gasteiger partial charge on any atom is 0.326 e. The average molecular weight is 360 g/mol. The molecule has 0 aromatic heterocycles. The molecule has 1 atom stereocenters. The van der Waals surface area contributed by atoms with Crippen LogP contribution in [0.3, 0.4) is 0 Å². The van der Waals surface area contributed by atoms with Crippen molar-refractivity contribution in [2.75, 3.05) is 6.54 Å². The molecule has 2 rings (SSSR count). The summed E-state index contributed by atoms with van der Waals surface area (Å²) in [6, 6.07) is 5.16. The SMILES string of the molecule is Cc1cc(C)cc(C2(C(=O)NCC(=O)N[C@@H](CC(C)C)C(=O)O)CC2)c1. The van der Waals surface area contributed by atoms with Gasteiger partial charge in [-0.1, -0.05) is 43.2 Å². The highest BCUT2D eigenvalue weighted by Crippen LogP contribution is 2.48. The van der Waals surface area contributed by atoms with Crippen LogP contribution in [0.4, 0.5) is 0 Å². The molecular weight excluding hydrogens is 332 g/mol. The summed E-state index contributed by atoms with van der Waals surface area (Å²) in [5.74, 6) is -1.58.